The molecule has 0 aromatic heterocycles. The first-order valence-electron chi connectivity index (χ1n) is 8.47. The summed E-state index contributed by atoms with van der Waals surface area (Å²) in [5.41, 5.74) is 3.62. The molecule has 0 saturated heterocycles. The van der Waals surface area contributed by atoms with Crippen molar-refractivity contribution in [2.24, 2.45) is 4.99 Å². The second kappa shape index (κ2) is 7.87. The zero-order valence-electron chi connectivity index (χ0n) is 15.2. The van der Waals surface area contributed by atoms with Gasteiger partial charge in [-0.25, -0.2) is 4.99 Å². The van der Waals surface area contributed by atoms with Crippen LogP contribution in [0.1, 0.15) is 23.1 Å². The molecule has 134 valence electrons. The first kappa shape index (κ1) is 17.7. The second-order valence-electron chi connectivity index (χ2n) is 6.14. The van der Waals surface area contributed by atoms with E-state index in [-0.39, 0.29) is 5.91 Å². The van der Waals surface area contributed by atoms with Crippen molar-refractivity contribution < 1.29 is 14.3 Å². The van der Waals surface area contributed by atoms with E-state index in [1.165, 1.54) is 11.1 Å². The second-order valence-corrected chi connectivity index (χ2v) is 6.14. The molecule has 3 rings (SSSR count). The maximum absolute atomic E-state index is 12.2. The SMILES string of the molecule is COc1ccc(/C=C2/N=C(CCc3ccc(C)cc3)NC2=O)c(OC)c1. The lowest BCUT2D eigenvalue weighted by Gasteiger charge is -2.07. The average Bonchev–Trinajstić information content (AvgIpc) is 3.01. The summed E-state index contributed by atoms with van der Waals surface area (Å²) in [4.78, 5) is 16.7. The van der Waals surface area contributed by atoms with Crippen molar-refractivity contribution in [1.82, 2.24) is 5.32 Å². The minimum absolute atomic E-state index is 0.193. The number of methoxy groups -OCH3 is 2. The number of ether oxygens (including phenoxy) is 2. The normalized spacial score (nSPS) is 15.0. The van der Waals surface area contributed by atoms with Gasteiger partial charge in [-0.15, -0.1) is 0 Å². The Morgan fingerprint density at radius 1 is 1.04 bits per heavy atom. The largest absolute Gasteiger partial charge is 0.497 e. The van der Waals surface area contributed by atoms with Gasteiger partial charge in [-0.05, 0) is 37.1 Å². The van der Waals surface area contributed by atoms with E-state index in [0.29, 0.717) is 29.5 Å². The lowest BCUT2D eigenvalue weighted by atomic mass is 10.1. The van der Waals surface area contributed by atoms with E-state index in [9.17, 15) is 4.79 Å². The lowest BCUT2D eigenvalue weighted by Crippen LogP contribution is -2.24. The molecule has 0 bridgehead atoms. The average molecular weight is 350 g/mol. The molecular formula is C21H22N2O3. The summed E-state index contributed by atoms with van der Waals surface area (Å²) in [5, 5.41) is 2.84. The van der Waals surface area contributed by atoms with Crippen molar-refractivity contribution in [2.45, 2.75) is 19.8 Å². The van der Waals surface area contributed by atoms with Gasteiger partial charge in [0.05, 0.1) is 14.2 Å². The van der Waals surface area contributed by atoms with Gasteiger partial charge in [0.1, 0.15) is 23.0 Å². The van der Waals surface area contributed by atoms with Crippen LogP contribution in [-0.4, -0.2) is 26.0 Å². The molecular weight excluding hydrogens is 328 g/mol. The predicted octanol–water partition coefficient (Wildman–Crippen LogP) is 3.51. The maximum atomic E-state index is 12.2. The Bertz CT molecular complexity index is 867. The third-order valence-corrected chi connectivity index (χ3v) is 4.25. The fourth-order valence-corrected chi connectivity index (χ4v) is 2.74. The van der Waals surface area contributed by atoms with Crippen molar-refractivity contribution in [2.75, 3.05) is 14.2 Å². The Balaban J connectivity index is 1.75. The molecule has 1 aliphatic heterocycles. The van der Waals surface area contributed by atoms with Gasteiger partial charge in [-0.2, -0.15) is 0 Å². The number of rotatable bonds is 6. The highest BCUT2D eigenvalue weighted by molar-refractivity contribution is 6.14. The molecule has 5 heteroatoms. The molecule has 0 aliphatic carbocycles. The Morgan fingerprint density at radius 3 is 2.50 bits per heavy atom. The summed E-state index contributed by atoms with van der Waals surface area (Å²) >= 11 is 0. The number of carbonyl (C=O) groups excluding carboxylic acids is 1. The summed E-state index contributed by atoms with van der Waals surface area (Å²) < 4.78 is 10.6. The minimum Gasteiger partial charge on any atom is -0.497 e. The summed E-state index contributed by atoms with van der Waals surface area (Å²) in [6, 6.07) is 13.8. The number of hydrogen-bond donors (Lipinski definition) is 1. The van der Waals surface area contributed by atoms with E-state index in [2.05, 4.69) is 41.5 Å². The summed E-state index contributed by atoms with van der Waals surface area (Å²) in [5.74, 6) is 1.83. The first-order chi connectivity index (χ1) is 12.6. The highest BCUT2D eigenvalue weighted by Gasteiger charge is 2.20. The van der Waals surface area contributed by atoms with Gasteiger partial charge in [-0.3, -0.25) is 4.79 Å². The fraction of sp³-hybridized carbons (Fsp3) is 0.238. The van der Waals surface area contributed by atoms with E-state index in [0.717, 1.165) is 12.0 Å². The monoisotopic (exact) mass is 350 g/mol. The van der Waals surface area contributed by atoms with Gasteiger partial charge in [0.25, 0.3) is 5.91 Å². The zero-order valence-corrected chi connectivity index (χ0v) is 15.2. The van der Waals surface area contributed by atoms with Crippen LogP contribution in [0.15, 0.2) is 53.2 Å². The molecule has 0 fully saturated rings. The van der Waals surface area contributed by atoms with Crippen molar-refractivity contribution in [3.8, 4) is 11.5 Å². The molecule has 1 N–H and O–H groups in total. The van der Waals surface area contributed by atoms with Gasteiger partial charge in [0.2, 0.25) is 0 Å². The number of amides is 1. The fourth-order valence-electron chi connectivity index (χ4n) is 2.74. The molecule has 5 nitrogen and oxygen atoms in total. The molecule has 1 heterocycles. The van der Waals surface area contributed by atoms with Crippen LogP contribution in [0.2, 0.25) is 0 Å². The number of nitrogens with zero attached hydrogens (tertiary/aromatic N) is 1. The Morgan fingerprint density at radius 2 is 1.81 bits per heavy atom. The third kappa shape index (κ3) is 4.11. The van der Waals surface area contributed by atoms with Crippen LogP contribution < -0.4 is 14.8 Å². The third-order valence-electron chi connectivity index (χ3n) is 4.25. The summed E-state index contributed by atoms with van der Waals surface area (Å²) in [6.45, 7) is 2.07. The van der Waals surface area contributed by atoms with Crippen LogP contribution >= 0.6 is 0 Å². The Kier molecular flexibility index (Phi) is 5.37. The quantitative estimate of drug-likeness (QED) is 0.811. The van der Waals surface area contributed by atoms with Crippen molar-refractivity contribution in [1.29, 1.82) is 0 Å². The molecule has 2 aromatic rings. The van der Waals surface area contributed by atoms with Crippen molar-refractivity contribution >= 4 is 17.8 Å². The molecule has 0 unspecified atom stereocenters. The number of benzene rings is 2. The molecule has 0 atom stereocenters. The highest BCUT2D eigenvalue weighted by Crippen LogP contribution is 2.27. The Hall–Kier alpha value is -3.08. The van der Waals surface area contributed by atoms with Gasteiger partial charge >= 0.3 is 0 Å². The maximum Gasteiger partial charge on any atom is 0.275 e. The topological polar surface area (TPSA) is 59.9 Å². The number of carbonyl (C=O) groups is 1. The zero-order chi connectivity index (χ0) is 18.5. The number of amidine groups is 1. The van der Waals surface area contributed by atoms with Crippen LogP contribution in [0, 0.1) is 6.92 Å². The van der Waals surface area contributed by atoms with E-state index in [1.54, 1.807) is 26.4 Å². The molecule has 2 aromatic carbocycles. The van der Waals surface area contributed by atoms with Crippen LogP contribution in [-0.2, 0) is 11.2 Å². The predicted molar refractivity (Wildman–Crippen MR) is 103 cm³/mol. The number of hydrogen-bond acceptors (Lipinski definition) is 4. The van der Waals surface area contributed by atoms with Gasteiger partial charge < -0.3 is 14.8 Å². The molecule has 0 saturated carbocycles. The Labute approximate surface area is 153 Å². The van der Waals surface area contributed by atoms with Crippen LogP contribution in [0.4, 0.5) is 0 Å². The van der Waals surface area contributed by atoms with Crippen LogP contribution in [0.25, 0.3) is 6.08 Å². The smallest absolute Gasteiger partial charge is 0.275 e. The number of aryl methyl sites for hydroxylation is 2. The van der Waals surface area contributed by atoms with E-state index >= 15 is 0 Å². The van der Waals surface area contributed by atoms with E-state index in [4.69, 9.17) is 9.47 Å². The molecule has 0 spiro atoms. The minimum atomic E-state index is -0.193. The molecule has 1 amide bonds. The molecule has 0 radical (unpaired) electrons. The van der Waals surface area contributed by atoms with Crippen molar-refractivity contribution in [3.05, 3.63) is 64.9 Å². The lowest BCUT2D eigenvalue weighted by molar-refractivity contribution is -0.115. The number of aliphatic imine (C=N–C) groups is 1. The van der Waals surface area contributed by atoms with Gasteiger partial charge in [0, 0.05) is 18.1 Å². The van der Waals surface area contributed by atoms with Crippen LogP contribution in [0.5, 0.6) is 11.5 Å². The first-order valence-corrected chi connectivity index (χ1v) is 8.47. The number of nitrogens with one attached hydrogen (secondary N) is 1. The van der Waals surface area contributed by atoms with E-state index in [1.807, 2.05) is 12.1 Å². The molecule has 1 aliphatic rings. The standard InChI is InChI=1S/C21H22N2O3/c1-14-4-6-15(7-5-14)8-11-20-22-18(21(24)23-20)12-16-9-10-17(25-2)13-19(16)26-3/h4-7,9-10,12-13H,8,11H2,1-3H3,(H,22,23,24)/b18-12+. The van der Waals surface area contributed by atoms with Crippen molar-refractivity contribution in [3.63, 3.8) is 0 Å². The van der Waals surface area contributed by atoms with Crippen LogP contribution in [0.3, 0.4) is 0 Å². The summed E-state index contributed by atoms with van der Waals surface area (Å²) in [6.07, 6.45) is 3.25. The molecule has 26 heavy (non-hydrogen) atoms. The highest BCUT2D eigenvalue weighted by atomic mass is 16.5. The van der Waals surface area contributed by atoms with Gasteiger partial charge in [-0.1, -0.05) is 29.8 Å². The summed E-state index contributed by atoms with van der Waals surface area (Å²) in [7, 11) is 3.18. The van der Waals surface area contributed by atoms with E-state index < -0.39 is 0 Å². The van der Waals surface area contributed by atoms with Gasteiger partial charge in [0.15, 0.2) is 0 Å².